The monoisotopic (exact) mass is 472 g/mol. The molecule has 4 heteroatoms. The van der Waals surface area contributed by atoms with E-state index in [0.29, 0.717) is 0 Å². The van der Waals surface area contributed by atoms with Crippen LogP contribution in [0.25, 0.3) is 0 Å². The van der Waals surface area contributed by atoms with E-state index in [1.807, 2.05) is 18.1 Å². The van der Waals surface area contributed by atoms with Gasteiger partial charge in [-0.25, -0.2) is 0 Å². The number of nitriles is 1. The minimum absolute atomic E-state index is 0.836. The van der Waals surface area contributed by atoms with Gasteiger partial charge in [-0.1, -0.05) is 0 Å². The van der Waals surface area contributed by atoms with E-state index < -0.39 is 0 Å². The zero-order valence-corrected chi connectivity index (χ0v) is 11.2. The molecule has 0 spiro atoms. The first-order valence-electron chi connectivity index (χ1n) is 2.60. The second-order valence-electron chi connectivity index (χ2n) is 1.90. The summed E-state index contributed by atoms with van der Waals surface area (Å²) in [5, 5.41) is 8.62. The van der Waals surface area contributed by atoms with Crippen LogP contribution >= 0.6 is 0 Å². The molecule has 1 heterocycles. The van der Waals surface area contributed by atoms with Crippen molar-refractivity contribution in [2.24, 2.45) is 0 Å². The molecular formula is C6H4N2W2. The molecule has 1 aliphatic heterocycles. The SMILES string of the molecule is CN1C=C(C#N)[C](=[W])[C]1=[W]. The van der Waals surface area contributed by atoms with Crippen LogP contribution in [0.1, 0.15) is 0 Å². The minimum atomic E-state index is 0.836. The van der Waals surface area contributed by atoms with Crippen molar-refractivity contribution in [1.82, 2.24) is 4.90 Å². The van der Waals surface area contributed by atoms with Crippen LogP contribution in [0.3, 0.4) is 0 Å². The Morgan fingerprint density at radius 2 is 2.20 bits per heavy atom. The van der Waals surface area contributed by atoms with Gasteiger partial charge in [0.2, 0.25) is 0 Å². The average molecular weight is 472 g/mol. The molecule has 0 fully saturated rings. The molecule has 50 valence electrons. The molecule has 0 saturated heterocycles. The molecule has 2 nitrogen and oxygen atoms in total. The molecule has 0 unspecified atom stereocenters. The molecule has 0 aliphatic carbocycles. The van der Waals surface area contributed by atoms with Gasteiger partial charge in [0, 0.05) is 0 Å². The summed E-state index contributed by atoms with van der Waals surface area (Å²) >= 11 is 2.82. The van der Waals surface area contributed by atoms with E-state index in [1.165, 1.54) is 46.6 Å². The molecule has 0 radical (unpaired) electrons. The van der Waals surface area contributed by atoms with E-state index in [2.05, 4.69) is 6.07 Å². The van der Waals surface area contributed by atoms with Gasteiger partial charge in [-0.15, -0.1) is 0 Å². The van der Waals surface area contributed by atoms with Gasteiger partial charge in [0.05, 0.1) is 0 Å². The summed E-state index contributed by atoms with van der Waals surface area (Å²) in [6.07, 6.45) is 1.89. The van der Waals surface area contributed by atoms with E-state index in [-0.39, 0.29) is 0 Å². The molecule has 0 aromatic rings. The van der Waals surface area contributed by atoms with Crippen LogP contribution in [0.5, 0.6) is 0 Å². The van der Waals surface area contributed by atoms with Crippen LogP contribution in [0.2, 0.25) is 0 Å². The maximum atomic E-state index is 8.62. The summed E-state index contributed by atoms with van der Waals surface area (Å²) < 4.78 is 2.49. The standard InChI is InChI=1S/C6H4N2.2W/c1-8-3-2-6(4-7)5-8;;/h5H,1H3;;. The average Bonchev–Trinajstić information content (AvgIpc) is 2.17. The van der Waals surface area contributed by atoms with Gasteiger partial charge in [0.25, 0.3) is 0 Å². The Bertz CT molecular complexity index is 272. The van der Waals surface area contributed by atoms with Crippen LogP contribution in [-0.4, -0.2) is 19.9 Å². The molecule has 1 rings (SSSR count). The van der Waals surface area contributed by atoms with Crippen LogP contribution in [-0.2, 0) is 38.7 Å². The van der Waals surface area contributed by atoms with Crippen LogP contribution in [0.4, 0.5) is 0 Å². The summed E-state index contributed by atoms with van der Waals surface area (Å²) in [6.45, 7) is 0. The van der Waals surface area contributed by atoms with E-state index >= 15 is 0 Å². The molecule has 10 heavy (non-hydrogen) atoms. The summed E-state index contributed by atoms with van der Waals surface area (Å²) in [7, 11) is 1.98. The predicted molar refractivity (Wildman–Crippen MR) is 31.5 cm³/mol. The van der Waals surface area contributed by atoms with Gasteiger partial charge in [-0.05, 0) is 0 Å². The van der Waals surface area contributed by atoms with Crippen molar-refractivity contribution in [2.75, 3.05) is 7.05 Å². The van der Waals surface area contributed by atoms with Gasteiger partial charge in [0.1, 0.15) is 0 Å². The van der Waals surface area contributed by atoms with Crippen molar-refractivity contribution >= 4 is 7.92 Å². The maximum absolute atomic E-state index is 8.62. The van der Waals surface area contributed by atoms with Crippen LogP contribution in [0, 0.1) is 11.3 Å². The Labute approximate surface area is 81.3 Å². The second kappa shape index (κ2) is 3.03. The third-order valence-electron chi connectivity index (χ3n) is 1.20. The normalized spacial score (nSPS) is 17.2. The molecule has 0 N–H and O–H groups in total. The molecule has 0 bridgehead atoms. The Morgan fingerprint density at radius 3 is 2.40 bits per heavy atom. The van der Waals surface area contributed by atoms with Crippen molar-refractivity contribution in [1.29, 1.82) is 5.26 Å². The van der Waals surface area contributed by atoms with E-state index in [0.717, 1.165) is 5.57 Å². The third kappa shape index (κ3) is 1.26. The fourth-order valence-corrected chi connectivity index (χ4v) is 2.12. The van der Waals surface area contributed by atoms with Gasteiger partial charge in [-0.3, -0.25) is 0 Å². The zero-order chi connectivity index (χ0) is 7.72. The number of rotatable bonds is 0. The van der Waals surface area contributed by atoms with E-state index in [1.54, 1.807) is 0 Å². The molecular weight excluding hydrogens is 468 g/mol. The molecule has 0 aromatic heterocycles. The summed E-state index contributed by atoms with van der Waals surface area (Å²) in [5.41, 5.74) is 0.836. The van der Waals surface area contributed by atoms with Crippen molar-refractivity contribution in [3.05, 3.63) is 11.8 Å². The number of hydrogen-bond acceptors (Lipinski definition) is 2. The number of nitrogens with zero attached hydrogens (tertiary/aromatic N) is 2. The Hall–Kier alpha value is 0.147. The molecule has 0 amide bonds. The Morgan fingerprint density at radius 1 is 1.60 bits per heavy atom. The van der Waals surface area contributed by atoms with Crippen molar-refractivity contribution in [3.8, 4) is 6.07 Å². The summed E-state index contributed by atoms with van der Waals surface area (Å²) in [4.78, 5) is 2.02. The number of hydrogen-bond donors (Lipinski definition) is 0. The van der Waals surface area contributed by atoms with Gasteiger partial charge >= 0.3 is 81.7 Å². The quantitative estimate of drug-likeness (QED) is 0.487. The van der Waals surface area contributed by atoms with Crippen molar-refractivity contribution in [2.45, 2.75) is 0 Å². The Balaban J connectivity index is 3.03. The molecule has 0 atom stereocenters. The fourth-order valence-electron chi connectivity index (χ4n) is 0.666. The van der Waals surface area contributed by atoms with Crippen LogP contribution < -0.4 is 0 Å². The predicted octanol–water partition coefficient (Wildman–Crippen LogP) is -0.265. The van der Waals surface area contributed by atoms with Gasteiger partial charge < -0.3 is 0 Å². The van der Waals surface area contributed by atoms with Crippen molar-refractivity contribution < 1.29 is 38.7 Å². The summed E-state index contributed by atoms with van der Waals surface area (Å²) in [5.74, 6) is 0. The Kier molecular flexibility index (Phi) is 2.50. The van der Waals surface area contributed by atoms with E-state index in [9.17, 15) is 0 Å². The first-order valence-corrected chi connectivity index (χ1v) is 5.53. The van der Waals surface area contributed by atoms with Crippen molar-refractivity contribution in [3.63, 3.8) is 0 Å². The third-order valence-corrected chi connectivity index (χ3v) is 6.47. The van der Waals surface area contributed by atoms with Gasteiger partial charge in [0.15, 0.2) is 0 Å². The van der Waals surface area contributed by atoms with Crippen LogP contribution in [0.15, 0.2) is 11.8 Å². The molecule has 0 aromatic carbocycles. The molecule has 1 aliphatic rings. The van der Waals surface area contributed by atoms with Gasteiger partial charge in [-0.2, -0.15) is 0 Å². The fraction of sp³-hybridized carbons (Fsp3) is 0.167. The first kappa shape index (κ1) is 8.25. The summed E-state index contributed by atoms with van der Waals surface area (Å²) in [6, 6.07) is 2.17. The first-order chi connectivity index (χ1) is 4.66. The van der Waals surface area contributed by atoms with E-state index in [4.69, 9.17) is 5.26 Å². The second-order valence-corrected chi connectivity index (χ2v) is 4.76. The molecule has 0 saturated carbocycles. The topological polar surface area (TPSA) is 27.0 Å². The zero-order valence-electron chi connectivity index (χ0n) is 5.29.